The molecule has 0 aliphatic carbocycles. The zero-order chi connectivity index (χ0) is 17.8. The fourth-order valence-electron chi connectivity index (χ4n) is 3.05. The first-order valence-corrected chi connectivity index (χ1v) is 10.9. The van der Waals surface area contributed by atoms with Crippen LogP contribution in [0.4, 0.5) is 0 Å². The van der Waals surface area contributed by atoms with Gasteiger partial charge in [-0.25, -0.2) is 0 Å². The van der Waals surface area contributed by atoms with Crippen molar-refractivity contribution in [3.63, 3.8) is 0 Å². The van der Waals surface area contributed by atoms with Crippen LogP contribution < -0.4 is 29.6 Å². The van der Waals surface area contributed by atoms with Gasteiger partial charge in [-0.1, -0.05) is 83.9 Å². The van der Waals surface area contributed by atoms with Crippen molar-refractivity contribution in [2.24, 2.45) is 11.8 Å². The van der Waals surface area contributed by atoms with Gasteiger partial charge in [0.05, 0.1) is 11.5 Å². The Balaban J connectivity index is 0. The third-order valence-corrected chi connectivity index (χ3v) is 6.01. The van der Waals surface area contributed by atoms with Crippen molar-refractivity contribution < 1.29 is 43.6 Å². The van der Waals surface area contributed by atoms with Crippen molar-refractivity contribution >= 4 is 10.1 Å². The number of rotatable bonds is 13. The molecule has 2 atom stereocenters. The molecule has 0 aliphatic heterocycles. The molecule has 0 radical (unpaired) electrons. The van der Waals surface area contributed by atoms with Gasteiger partial charge in [-0.15, -0.1) is 0 Å². The van der Waals surface area contributed by atoms with Crippen molar-refractivity contribution in [3.8, 4) is 0 Å². The standard InChI is InChI=1S/C20H34O3S.Na.H/c1-4-7-12-19(11-5-2)16-15-18(6-3)17-23-24(21,22)20-13-9-8-10-14-20;;/h8-10,13-14,18-19H,4-7,11-12,15-17H2,1-3H3;;/q;+1;-1. The van der Waals surface area contributed by atoms with E-state index in [0.29, 0.717) is 12.5 Å². The summed E-state index contributed by atoms with van der Waals surface area (Å²) >= 11 is 0. The van der Waals surface area contributed by atoms with Crippen LogP contribution in [0, 0.1) is 11.8 Å². The maximum Gasteiger partial charge on any atom is 1.00 e. The second-order valence-corrected chi connectivity index (χ2v) is 8.32. The molecule has 1 rings (SSSR count). The monoisotopic (exact) mass is 378 g/mol. The van der Waals surface area contributed by atoms with E-state index in [1.54, 1.807) is 30.3 Å². The number of hydrogen-bond donors (Lipinski definition) is 0. The molecule has 25 heavy (non-hydrogen) atoms. The van der Waals surface area contributed by atoms with E-state index >= 15 is 0 Å². The first kappa shape index (κ1) is 25.1. The molecule has 5 heteroatoms. The number of unbranched alkanes of at least 4 members (excludes halogenated alkanes) is 1. The minimum Gasteiger partial charge on any atom is -1.00 e. The summed E-state index contributed by atoms with van der Waals surface area (Å²) in [5.41, 5.74) is 0. The van der Waals surface area contributed by atoms with Crippen molar-refractivity contribution in [2.75, 3.05) is 6.61 Å². The van der Waals surface area contributed by atoms with Gasteiger partial charge < -0.3 is 1.43 Å². The largest absolute Gasteiger partial charge is 1.00 e. The fraction of sp³-hybridized carbons (Fsp3) is 0.700. The normalized spacial score (nSPS) is 13.9. The summed E-state index contributed by atoms with van der Waals surface area (Å²) in [5, 5.41) is 0. The van der Waals surface area contributed by atoms with Crippen molar-refractivity contribution in [3.05, 3.63) is 30.3 Å². The van der Waals surface area contributed by atoms with Crippen LogP contribution >= 0.6 is 0 Å². The van der Waals surface area contributed by atoms with Gasteiger partial charge in [0.15, 0.2) is 0 Å². The van der Waals surface area contributed by atoms with E-state index in [4.69, 9.17) is 4.18 Å². The van der Waals surface area contributed by atoms with E-state index in [1.807, 2.05) is 0 Å². The van der Waals surface area contributed by atoms with Crippen LogP contribution in [-0.2, 0) is 14.3 Å². The molecule has 3 nitrogen and oxygen atoms in total. The maximum absolute atomic E-state index is 12.2. The van der Waals surface area contributed by atoms with Crippen LogP contribution in [0.25, 0.3) is 0 Å². The van der Waals surface area contributed by atoms with Gasteiger partial charge in [0.25, 0.3) is 10.1 Å². The Kier molecular flexibility index (Phi) is 14.3. The quantitative estimate of drug-likeness (QED) is 0.392. The average Bonchev–Trinajstić information content (AvgIpc) is 2.60. The Morgan fingerprint density at radius 2 is 1.56 bits per heavy atom. The summed E-state index contributed by atoms with van der Waals surface area (Å²) < 4.78 is 29.7. The molecule has 0 aromatic heterocycles. The molecule has 0 fully saturated rings. The van der Waals surface area contributed by atoms with Crippen molar-refractivity contribution in [1.29, 1.82) is 0 Å². The van der Waals surface area contributed by atoms with Gasteiger partial charge in [0, 0.05) is 0 Å². The van der Waals surface area contributed by atoms with E-state index < -0.39 is 10.1 Å². The third-order valence-electron chi connectivity index (χ3n) is 4.71. The van der Waals surface area contributed by atoms with Crippen LogP contribution in [0.15, 0.2) is 35.2 Å². The molecule has 0 saturated carbocycles. The molecular weight excluding hydrogens is 343 g/mol. The zero-order valence-corrected chi connectivity index (χ0v) is 19.4. The van der Waals surface area contributed by atoms with E-state index in [0.717, 1.165) is 18.8 Å². The Bertz CT molecular complexity index is 537. The summed E-state index contributed by atoms with van der Waals surface area (Å²) in [6.07, 6.45) is 9.52. The second-order valence-electron chi connectivity index (χ2n) is 6.70. The molecular formula is C20H35NaO3S. The van der Waals surface area contributed by atoms with Crippen LogP contribution in [0.5, 0.6) is 0 Å². The molecule has 140 valence electrons. The summed E-state index contributed by atoms with van der Waals surface area (Å²) in [6.45, 7) is 6.89. The van der Waals surface area contributed by atoms with E-state index in [-0.39, 0.29) is 35.9 Å². The Morgan fingerprint density at radius 3 is 2.12 bits per heavy atom. The molecule has 1 aromatic rings. The van der Waals surface area contributed by atoms with Crippen molar-refractivity contribution in [1.82, 2.24) is 0 Å². The second kappa shape index (κ2) is 14.2. The third kappa shape index (κ3) is 10.1. The Labute approximate surface area is 178 Å². The number of benzene rings is 1. The van der Waals surface area contributed by atoms with Gasteiger partial charge in [0.2, 0.25) is 0 Å². The molecule has 1 aromatic carbocycles. The van der Waals surface area contributed by atoms with Crippen LogP contribution in [0.3, 0.4) is 0 Å². The van der Waals surface area contributed by atoms with Gasteiger partial charge in [-0.2, -0.15) is 8.42 Å². The first-order valence-electron chi connectivity index (χ1n) is 9.47. The van der Waals surface area contributed by atoms with Crippen LogP contribution in [0.1, 0.15) is 73.6 Å². The summed E-state index contributed by atoms with van der Waals surface area (Å²) in [4.78, 5) is 0.242. The Hall–Kier alpha value is 0.130. The van der Waals surface area contributed by atoms with E-state index in [2.05, 4.69) is 20.8 Å². The molecule has 0 bridgehead atoms. The van der Waals surface area contributed by atoms with Gasteiger partial charge in [-0.3, -0.25) is 4.18 Å². The Morgan fingerprint density at radius 1 is 0.920 bits per heavy atom. The topological polar surface area (TPSA) is 43.4 Å². The predicted molar refractivity (Wildman–Crippen MR) is 102 cm³/mol. The van der Waals surface area contributed by atoms with Gasteiger partial charge in [0.1, 0.15) is 0 Å². The average molecular weight is 379 g/mol. The molecule has 0 amide bonds. The minimum absolute atomic E-state index is 0. The van der Waals surface area contributed by atoms with E-state index in [1.165, 1.54) is 38.5 Å². The summed E-state index contributed by atoms with van der Waals surface area (Å²) in [5.74, 6) is 1.08. The van der Waals surface area contributed by atoms with Crippen LogP contribution in [0.2, 0.25) is 0 Å². The SMILES string of the molecule is CCCCC(CCC)CCC(CC)COS(=O)(=O)c1ccccc1.[H-].[Na+]. The molecule has 0 aliphatic rings. The van der Waals surface area contributed by atoms with Crippen molar-refractivity contribution in [2.45, 2.75) is 77.0 Å². The minimum atomic E-state index is -3.63. The zero-order valence-electron chi connectivity index (χ0n) is 17.5. The molecule has 0 N–H and O–H groups in total. The molecule has 0 heterocycles. The molecule has 0 spiro atoms. The summed E-state index contributed by atoms with van der Waals surface area (Å²) in [7, 11) is -3.63. The molecule has 2 unspecified atom stereocenters. The first-order chi connectivity index (χ1) is 11.5. The smallest absolute Gasteiger partial charge is 1.00 e. The van der Waals surface area contributed by atoms with Crippen LogP contribution in [-0.4, -0.2) is 15.0 Å². The molecule has 0 saturated heterocycles. The predicted octanol–water partition coefficient (Wildman–Crippen LogP) is 2.92. The maximum atomic E-state index is 12.2. The summed E-state index contributed by atoms with van der Waals surface area (Å²) in [6, 6.07) is 8.40. The van der Waals surface area contributed by atoms with Gasteiger partial charge >= 0.3 is 29.6 Å². The van der Waals surface area contributed by atoms with Gasteiger partial charge in [-0.05, 0) is 30.4 Å². The number of hydrogen-bond acceptors (Lipinski definition) is 3. The van der Waals surface area contributed by atoms with E-state index in [9.17, 15) is 8.42 Å². The fourth-order valence-corrected chi connectivity index (χ4v) is 4.05.